The maximum atomic E-state index is 4.61. The van der Waals surface area contributed by atoms with Gasteiger partial charge in [0.25, 0.3) is 0 Å². The highest BCUT2D eigenvalue weighted by atomic mass is 15.2. The van der Waals surface area contributed by atoms with Crippen LogP contribution in [0.3, 0.4) is 0 Å². The van der Waals surface area contributed by atoms with Crippen LogP contribution in [0, 0.1) is 0 Å². The van der Waals surface area contributed by atoms with E-state index in [9.17, 15) is 0 Å². The first-order valence-electron chi connectivity index (χ1n) is 6.50. The van der Waals surface area contributed by atoms with Gasteiger partial charge in [-0.15, -0.1) is 0 Å². The summed E-state index contributed by atoms with van der Waals surface area (Å²) in [5.74, 6) is 1.01. The molecule has 2 aromatic heterocycles. The lowest BCUT2D eigenvalue weighted by atomic mass is 10.1. The number of hydrogen-bond acceptors (Lipinski definition) is 3. The third kappa shape index (κ3) is 1.67. The van der Waals surface area contributed by atoms with Crippen LogP contribution in [0.4, 0.5) is 5.69 Å². The molecule has 0 amide bonds. The lowest BCUT2D eigenvalue weighted by Crippen LogP contribution is -2.04. The van der Waals surface area contributed by atoms with E-state index in [0.29, 0.717) is 0 Å². The maximum Gasteiger partial charge on any atom is 0.155 e. The second-order valence-corrected chi connectivity index (χ2v) is 4.79. The van der Waals surface area contributed by atoms with E-state index in [0.717, 1.165) is 34.8 Å². The number of anilines is 1. The number of fused-ring (bicyclic) bond motifs is 2. The number of nitrogens with zero attached hydrogens (tertiary/aromatic N) is 4. The Morgan fingerprint density at radius 3 is 3.10 bits per heavy atom. The van der Waals surface area contributed by atoms with Gasteiger partial charge in [0, 0.05) is 37.0 Å². The Morgan fingerprint density at radius 2 is 2.20 bits per heavy atom. The van der Waals surface area contributed by atoms with E-state index in [2.05, 4.69) is 38.6 Å². The predicted octanol–water partition coefficient (Wildman–Crippen LogP) is 2.39. The van der Waals surface area contributed by atoms with Crippen LogP contribution < -0.4 is 5.32 Å². The van der Waals surface area contributed by atoms with Crippen LogP contribution in [-0.4, -0.2) is 27.5 Å². The number of amidine groups is 1. The van der Waals surface area contributed by atoms with E-state index in [-0.39, 0.29) is 0 Å². The molecule has 0 bridgehead atoms. The number of benzene rings is 1. The fraction of sp³-hybridized carbons (Fsp3) is 0.133. The lowest BCUT2D eigenvalue weighted by Gasteiger charge is -2.05. The monoisotopic (exact) mass is 263 g/mol. The zero-order valence-electron chi connectivity index (χ0n) is 11.0. The molecule has 98 valence electrons. The molecule has 1 N–H and O–H groups in total. The van der Waals surface area contributed by atoms with E-state index >= 15 is 0 Å². The Labute approximate surface area is 116 Å². The Hall–Kier alpha value is -2.69. The smallest absolute Gasteiger partial charge is 0.155 e. The third-order valence-electron chi connectivity index (χ3n) is 3.57. The van der Waals surface area contributed by atoms with Crippen LogP contribution in [-0.2, 0) is 6.42 Å². The highest BCUT2D eigenvalue weighted by Crippen LogP contribution is 2.29. The van der Waals surface area contributed by atoms with Gasteiger partial charge >= 0.3 is 0 Å². The highest BCUT2D eigenvalue weighted by molar-refractivity contribution is 6.03. The summed E-state index contributed by atoms with van der Waals surface area (Å²) < 4.78 is 1.76. The molecule has 0 fully saturated rings. The lowest BCUT2D eigenvalue weighted by molar-refractivity contribution is 0.941. The molecule has 3 heterocycles. The third-order valence-corrected chi connectivity index (χ3v) is 3.57. The molecule has 5 heteroatoms. The second kappa shape index (κ2) is 4.16. The molecule has 1 aromatic carbocycles. The van der Waals surface area contributed by atoms with Gasteiger partial charge in [-0.3, -0.25) is 4.99 Å². The number of nitrogens with one attached hydrogen (secondary N) is 1. The molecular formula is C15H13N5. The molecule has 20 heavy (non-hydrogen) atoms. The summed E-state index contributed by atoms with van der Waals surface area (Å²) in [7, 11) is 1.81. The summed E-state index contributed by atoms with van der Waals surface area (Å²) in [5.41, 5.74) is 5.30. The fourth-order valence-electron chi connectivity index (χ4n) is 2.49. The van der Waals surface area contributed by atoms with Gasteiger partial charge in [-0.1, -0.05) is 12.1 Å². The normalized spacial score (nSPS) is 15.6. The predicted molar refractivity (Wildman–Crippen MR) is 79.1 cm³/mol. The highest BCUT2D eigenvalue weighted by Gasteiger charge is 2.16. The van der Waals surface area contributed by atoms with Crippen molar-refractivity contribution >= 4 is 17.2 Å². The van der Waals surface area contributed by atoms with Crippen LogP contribution in [0.15, 0.2) is 47.7 Å². The average molecular weight is 263 g/mol. The number of rotatable bonds is 1. The summed E-state index contributed by atoms with van der Waals surface area (Å²) in [6.07, 6.45) is 4.55. The molecule has 0 radical (unpaired) electrons. The molecule has 5 nitrogen and oxygen atoms in total. The van der Waals surface area contributed by atoms with Gasteiger partial charge < -0.3 is 5.32 Å². The maximum absolute atomic E-state index is 4.61. The second-order valence-electron chi connectivity index (χ2n) is 4.79. The van der Waals surface area contributed by atoms with E-state index in [4.69, 9.17) is 0 Å². The Balaban J connectivity index is 1.79. The zero-order valence-corrected chi connectivity index (χ0v) is 11.0. The first-order chi connectivity index (χ1) is 9.83. The van der Waals surface area contributed by atoms with Crippen molar-refractivity contribution in [1.82, 2.24) is 14.6 Å². The summed E-state index contributed by atoms with van der Waals surface area (Å²) in [4.78, 5) is 8.83. The van der Waals surface area contributed by atoms with Crippen molar-refractivity contribution in [1.29, 1.82) is 0 Å². The first-order valence-corrected chi connectivity index (χ1v) is 6.50. The molecule has 0 atom stereocenters. The molecule has 0 saturated heterocycles. The Bertz CT molecular complexity index is 831. The summed E-state index contributed by atoms with van der Waals surface area (Å²) >= 11 is 0. The van der Waals surface area contributed by atoms with Crippen molar-refractivity contribution in [3.05, 3.63) is 48.3 Å². The molecule has 1 aliphatic rings. The number of aromatic nitrogens is 3. The van der Waals surface area contributed by atoms with Crippen molar-refractivity contribution in [3.63, 3.8) is 0 Å². The van der Waals surface area contributed by atoms with Gasteiger partial charge in [0.1, 0.15) is 5.84 Å². The van der Waals surface area contributed by atoms with Crippen LogP contribution >= 0.6 is 0 Å². The van der Waals surface area contributed by atoms with Crippen LogP contribution in [0.5, 0.6) is 0 Å². The van der Waals surface area contributed by atoms with Crippen molar-refractivity contribution in [2.75, 3.05) is 12.4 Å². The van der Waals surface area contributed by atoms with Crippen molar-refractivity contribution < 1.29 is 0 Å². The van der Waals surface area contributed by atoms with Gasteiger partial charge in [-0.25, -0.2) is 9.50 Å². The number of aliphatic imine (C=N–C) groups is 1. The van der Waals surface area contributed by atoms with Crippen molar-refractivity contribution in [3.8, 4) is 11.3 Å². The number of hydrogen-bond donors (Lipinski definition) is 1. The SMILES string of the molecule is CN=C1Cc2ccc(-c3ccn4nccc4n3)cc2N1. The molecule has 4 rings (SSSR count). The summed E-state index contributed by atoms with van der Waals surface area (Å²) in [6.45, 7) is 0. The average Bonchev–Trinajstić information content (AvgIpc) is 3.11. The van der Waals surface area contributed by atoms with E-state index in [1.807, 2.05) is 25.4 Å². The minimum absolute atomic E-state index is 0.853. The molecule has 0 aliphatic carbocycles. The molecule has 3 aromatic rings. The standard InChI is InChI=1S/C15H13N5/c1-16-14-9-11-3-2-10(8-13(11)18-14)12-5-7-20-15(19-12)4-6-17-20/h2-8H,9H2,1H3,(H,16,18). The van der Waals surface area contributed by atoms with Crippen LogP contribution in [0.25, 0.3) is 16.9 Å². The van der Waals surface area contributed by atoms with E-state index < -0.39 is 0 Å². The summed E-state index contributed by atoms with van der Waals surface area (Å²) in [5, 5.41) is 7.49. The van der Waals surface area contributed by atoms with Crippen molar-refractivity contribution in [2.24, 2.45) is 4.99 Å². The zero-order chi connectivity index (χ0) is 13.5. The van der Waals surface area contributed by atoms with Gasteiger partial charge in [0.05, 0.1) is 11.9 Å². The summed E-state index contributed by atoms with van der Waals surface area (Å²) in [6, 6.07) is 10.2. The molecule has 0 saturated carbocycles. The largest absolute Gasteiger partial charge is 0.344 e. The molecular weight excluding hydrogens is 250 g/mol. The minimum Gasteiger partial charge on any atom is -0.344 e. The molecule has 1 aliphatic heterocycles. The minimum atomic E-state index is 0.853. The van der Waals surface area contributed by atoms with Crippen molar-refractivity contribution in [2.45, 2.75) is 6.42 Å². The first kappa shape index (κ1) is 11.2. The Morgan fingerprint density at radius 1 is 1.25 bits per heavy atom. The quantitative estimate of drug-likeness (QED) is 0.733. The molecule has 0 spiro atoms. The Kier molecular flexibility index (Phi) is 2.32. The van der Waals surface area contributed by atoms with Crippen LogP contribution in [0.1, 0.15) is 5.56 Å². The van der Waals surface area contributed by atoms with Gasteiger partial charge in [0.15, 0.2) is 5.65 Å². The fourth-order valence-corrected chi connectivity index (χ4v) is 2.49. The topological polar surface area (TPSA) is 54.6 Å². The van der Waals surface area contributed by atoms with E-state index in [1.54, 1.807) is 10.7 Å². The van der Waals surface area contributed by atoms with Gasteiger partial charge in [-0.2, -0.15) is 5.10 Å². The van der Waals surface area contributed by atoms with Gasteiger partial charge in [-0.05, 0) is 17.7 Å². The molecule has 0 unspecified atom stereocenters. The van der Waals surface area contributed by atoms with E-state index in [1.165, 1.54) is 5.56 Å². The van der Waals surface area contributed by atoms with Crippen LogP contribution in [0.2, 0.25) is 0 Å². The van der Waals surface area contributed by atoms with Gasteiger partial charge in [0.2, 0.25) is 0 Å².